The number of benzene rings is 3. The third kappa shape index (κ3) is 4.46. The van der Waals surface area contributed by atoms with E-state index in [2.05, 4.69) is 4.98 Å². The van der Waals surface area contributed by atoms with Crippen molar-refractivity contribution < 1.29 is 24.2 Å². The highest BCUT2D eigenvalue weighted by atomic mass is 32.1. The lowest BCUT2D eigenvalue weighted by Gasteiger charge is -2.23. The fourth-order valence-electron chi connectivity index (χ4n) is 4.11. The maximum Gasteiger partial charge on any atom is 0.301 e. The molecule has 1 unspecified atom stereocenters. The van der Waals surface area contributed by atoms with E-state index in [-0.39, 0.29) is 11.3 Å². The molecule has 5 rings (SSSR count). The van der Waals surface area contributed by atoms with Crippen molar-refractivity contribution in [3.63, 3.8) is 0 Å². The molecule has 36 heavy (non-hydrogen) atoms. The molecule has 3 aromatic carbocycles. The first-order chi connectivity index (χ1) is 17.6. The quantitative estimate of drug-likeness (QED) is 0.192. The standard InChI is InChI=1S/C28H22N2O5S/c1-2-34-21-12-7-9-19(17-21)25(31)23-24(30(27(33)26(23)32)28-29-14-15-36-28)18-8-6-13-22(16-18)35-20-10-4-3-5-11-20/h3-17,24,31H,2H2,1H3/b25-23+. The van der Waals surface area contributed by atoms with Crippen LogP contribution >= 0.6 is 11.3 Å². The molecule has 1 aliphatic heterocycles. The van der Waals surface area contributed by atoms with Crippen molar-refractivity contribution in [3.05, 3.63) is 107 Å². The summed E-state index contributed by atoms with van der Waals surface area (Å²) in [7, 11) is 0. The number of aliphatic hydroxyl groups excluding tert-OH is 1. The van der Waals surface area contributed by atoms with Gasteiger partial charge in [-0.3, -0.25) is 14.5 Å². The number of thiazole rings is 1. The van der Waals surface area contributed by atoms with Gasteiger partial charge in [-0.15, -0.1) is 11.3 Å². The molecule has 1 amide bonds. The number of aliphatic hydroxyl groups is 1. The highest BCUT2D eigenvalue weighted by molar-refractivity contribution is 7.14. The van der Waals surface area contributed by atoms with Crippen LogP contribution in [0.2, 0.25) is 0 Å². The van der Waals surface area contributed by atoms with Gasteiger partial charge in [0.25, 0.3) is 5.78 Å². The molecule has 1 aliphatic rings. The molecule has 2 heterocycles. The third-order valence-corrected chi connectivity index (χ3v) is 6.41. The van der Waals surface area contributed by atoms with E-state index in [0.717, 1.165) is 0 Å². The Morgan fingerprint density at radius 2 is 1.72 bits per heavy atom. The number of anilines is 1. The van der Waals surface area contributed by atoms with Gasteiger partial charge in [0, 0.05) is 17.1 Å². The van der Waals surface area contributed by atoms with Crippen molar-refractivity contribution in [2.45, 2.75) is 13.0 Å². The lowest BCUT2D eigenvalue weighted by Crippen LogP contribution is -2.29. The molecule has 0 spiro atoms. The largest absolute Gasteiger partial charge is 0.507 e. The van der Waals surface area contributed by atoms with E-state index in [1.54, 1.807) is 60.1 Å². The van der Waals surface area contributed by atoms with Crippen LogP contribution in [0.5, 0.6) is 17.2 Å². The zero-order chi connectivity index (χ0) is 25.1. The van der Waals surface area contributed by atoms with Gasteiger partial charge in [0.2, 0.25) is 0 Å². The van der Waals surface area contributed by atoms with Gasteiger partial charge in [-0.1, -0.05) is 42.5 Å². The van der Waals surface area contributed by atoms with Crippen LogP contribution in [0.25, 0.3) is 5.76 Å². The maximum atomic E-state index is 13.3. The molecule has 4 aromatic rings. The average molecular weight is 499 g/mol. The highest BCUT2D eigenvalue weighted by Crippen LogP contribution is 2.43. The normalized spacial score (nSPS) is 16.8. The summed E-state index contributed by atoms with van der Waals surface area (Å²) < 4.78 is 11.5. The summed E-state index contributed by atoms with van der Waals surface area (Å²) >= 11 is 1.24. The minimum absolute atomic E-state index is 0.0271. The second kappa shape index (κ2) is 10.1. The molecule has 0 bridgehead atoms. The number of carbonyl (C=O) groups is 2. The molecule has 1 aromatic heterocycles. The third-order valence-electron chi connectivity index (χ3n) is 5.64. The van der Waals surface area contributed by atoms with Crippen LogP contribution in [0, 0.1) is 0 Å². The van der Waals surface area contributed by atoms with Crippen LogP contribution in [-0.2, 0) is 9.59 Å². The lowest BCUT2D eigenvalue weighted by atomic mass is 9.95. The van der Waals surface area contributed by atoms with Gasteiger partial charge < -0.3 is 14.6 Å². The number of ketones is 1. The van der Waals surface area contributed by atoms with Crippen molar-refractivity contribution in [3.8, 4) is 17.2 Å². The Kier molecular flexibility index (Phi) is 6.51. The molecule has 1 saturated heterocycles. The fraction of sp³-hybridized carbons (Fsp3) is 0.107. The van der Waals surface area contributed by atoms with E-state index in [0.29, 0.717) is 40.1 Å². The van der Waals surface area contributed by atoms with E-state index in [1.807, 2.05) is 37.3 Å². The predicted octanol–water partition coefficient (Wildman–Crippen LogP) is 5.96. The number of Topliss-reactive ketones (excluding diaryl/α,β-unsaturated/α-hetero) is 1. The van der Waals surface area contributed by atoms with E-state index >= 15 is 0 Å². The number of aromatic nitrogens is 1. The minimum Gasteiger partial charge on any atom is -0.507 e. The molecule has 8 heteroatoms. The summed E-state index contributed by atoms with van der Waals surface area (Å²) in [4.78, 5) is 32.1. The van der Waals surface area contributed by atoms with Crippen molar-refractivity contribution in [2.75, 3.05) is 11.5 Å². The second-order valence-corrected chi connectivity index (χ2v) is 8.81. The number of para-hydroxylation sites is 1. The number of rotatable bonds is 7. The molecule has 1 atom stereocenters. The van der Waals surface area contributed by atoms with Gasteiger partial charge in [0.05, 0.1) is 18.2 Å². The summed E-state index contributed by atoms with van der Waals surface area (Å²) in [5.74, 6) is -0.104. The molecular weight excluding hydrogens is 476 g/mol. The Morgan fingerprint density at radius 3 is 2.47 bits per heavy atom. The summed E-state index contributed by atoms with van der Waals surface area (Å²) in [6.45, 7) is 2.31. The topological polar surface area (TPSA) is 89.0 Å². The molecule has 180 valence electrons. The summed E-state index contributed by atoms with van der Waals surface area (Å²) in [6, 6.07) is 22.3. The summed E-state index contributed by atoms with van der Waals surface area (Å²) in [5, 5.41) is 13.4. The lowest BCUT2D eigenvalue weighted by molar-refractivity contribution is -0.132. The summed E-state index contributed by atoms with van der Waals surface area (Å²) in [6.07, 6.45) is 1.57. The fourth-order valence-corrected chi connectivity index (χ4v) is 4.78. The van der Waals surface area contributed by atoms with E-state index in [9.17, 15) is 14.7 Å². The average Bonchev–Trinajstić information content (AvgIpc) is 3.51. The predicted molar refractivity (Wildman–Crippen MR) is 137 cm³/mol. The molecule has 1 fully saturated rings. The van der Waals surface area contributed by atoms with Gasteiger partial charge in [-0.2, -0.15) is 0 Å². The van der Waals surface area contributed by atoms with Gasteiger partial charge >= 0.3 is 5.91 Å². The number of nitrogens with zero attached hydrogens (tertiary/aromatic N) is 2. The van der Waals surface area contributed by atoms with Crippen molar-refractivity contribution in [2.24, 2.45) is 0 Å². The Morgan fingerprint density at radius 1 is 0.972 bits per heavy atom. The first-order valence-electron chi connectivity index (χ1n) is 11.3. The van der Waals surface area contributed by atoms with Crippen LogP contribution in [0.4, 0.5) is 5.13 Å². The van der Waals surface area contributed by atoms with Crippen LogP contribution in [0.1, 0.15) is 24.1 Å². The van der Waals surface area contributed by atoms with Crippen LogP contribution in [0.15, 0.2) is 96.0 Å². The molecule has 0 aliphatic carbocycles. The van der Waals surface area contributed by atoms with Crippen LogP contribution < -0.4 is 14.4 Å². The minimum atomic E-state index is -0.897. The zero-order valence-electron chi connectivity index (χ0n) is 19.3. The zero-order valence-corrected chi connectivity index (χ0v) is 20.1. The van der Waals surface area contributed by atoms with Crippen molar-refractivity contribution >= 4 is 33.9 Å². The van der Waals surface area contributed by atoms with Gasteiger partial charge in [-0.25, -0.2) is 4.98 Å². The Bertz CT molecular complexity index is 1430. The van der Waals surface area contributed by atoms with E-state index in [1.165, 1.54) is 16.2 Å². The number of carbonyl (C=O) groups excluding carboxylic acids is 2. The number of hydrogen-bond acceptors (Lipinski definition) is 7. The smallest absolute Gasteiger partial charge is 0.301 e. The molecule has 0 radical (unpaired) electrons. The first-order valence-corrected chi connectivity index (χ1v) is 12.2. The second-order valence-electron chi connectivity index (χ2n) is 7.93. The van der Waals surface area contributed by atoms with Crippen LogP contribution in [-0.4, -0.2) is 28.4 Å². The van der Waals surface area contributed by atoms with Crippen LogP contribution in [0.3, 0.4) is 0 Å². The van der Waals surface area contributed by atoms with E-state index in [4.69, 9.17) is 9.47 Å². The van der Waals surface area contributed by atoms with Gasteiger partial charge in [-0.05, 0) is 48.9 Å². The Labute approximate surface area is 211 Å². The Balaban J connectivity index is 1.64. The van der Waals surface area contributed by atoms with E-state index < -0.39 is 17.7 Å². The first kappa shape index (κ1) is 23.3. The SMILES string of the molecule is CCOc1cccc(/C(O)=C2\C(=O)C(=O)N(c3nccs3)C2c2cccc(Oc3ccccc3)c2)c1. The summed E-state index contributed by atoms with van der Waals surface area (Å²) in [5.41, 5.74) is 0.945. The number of ether oxygens (including phenoxy) is 2. The highest BCUT2D eigenvalue weighted by Gasteiger charge is 2.48. The molecule has 7 nitrogen and oxygen atoms in total. The van der Waals surface area contributed by atoms with Gasteiger partial charge in [0.15, 0.2) is 5.13 Å². The molecule has 0 saturated carbocycles. The van der Waals surface area contributed by atoms with Crippen molar-refractivity contribution in [1.82, 2.24) is 4.98 Å². The number of amides is 1. The Hall–Kier alpha value is -4.43. The van der Waals surface area contributed by atoms with Gasteiger partial charge in [0.1, 0.15) is 23.0 Å². The molecule has 1 N–H and O–H groups in total. The molecular formula is C28H22N2O5S. The number of hydrogen-bond donors (Lipinski definition) is 1. The monoisotopic (exact) mass is 498 g/mol. The van der Waals surface area contributed by atoms with Crippen molar-refractivity contribution in [1.29, 1.82) is 0 Å². The maximum absolute atomic E-state index is 13.3.